The summed E-state index contributed by atoms with van der Waals surface area (Å²) in [4.78, 5) is 24.2. The molecule has 192 valence electrons. The Morgan fingerprint density at radius 2 is 1.83 bits per heavy atom. The highest BCUT2D eigenvalue weighted by molar-refractivity contribution is 6.02. The van der Waals surface area contributed by atoms with Crippen molar-refractivity contribution in [3.8, 4) is 6.07 Å². The quantitative estimate of drug-likeness (QED) is 0.481. The highest BCUT2D eigenvalue weighted by Gasteiger charge is 2.39. The molecule has 1 aromatic carbocycles. The fraction of sp³-hybridized carbons (Fsp3) is 0.520. The van der Waals surface area contributed by atoms with E-state index in [-0.39, 0.29) is 41.2 Å². The number of alkyl halides is 3. The zero-order chi connectivity index (χ0) is 25.9. The molecule has 2 aromatic rings. The summed E-state index contributed by atoms with van der Waals surface area (Å²) in [7, 11) is 0. The third kappa shape index (κ3) is 6.05. The van der Waals surface area contributed by atoms with Crippen molar-refractivity contribution in [2.45, 2.75) is 75.7 Å². The molecule has 1 aromatic heterocycles. The van der Waals surface area contributed by atoms with E-state index < -0.39 is 24.0 Å². The maximum atomic E-state index is 12.9. The third-order valence-corrected chi connectivity index (χ3v) is 7.07. The van der Waals surface area contributed by atoms with Gasteiger partial charge in [0.05, 0.1) is 24.4 Å². The summed E-state index contributed by atoms with van der Waals surface area (Å²) in [5.41, 5.74) is 5.81. The van der Waals surface area contributed by atoms with Crippen LogP contribution in [0, 0.1) is 17.2 Å². The second kappa shape index (κ2) is 10.3. The molecule has 11 heteroatoms. The number of carbonyl (C=O) groups is 2. The lowest BCUT2D eigenvalue weighted by Gasteiger charge is -2.39. The molecule has 0 spiro atoms. The van der Waals surface area contributed by atoms with Crippen LogP contribution in [-0.4, -0.2) is 33.8 Å². The number of nitrogens with one attached hydrogen (secondary N) is 2. The van der Waals surface area contributed by atoms with Crippen LogP contribution < -0.4 is 16.4 Å². The van der Waals surface area contributed by atoms with Gasteiger partial charge in [-0.05, 0) is 49.7 Å². The second-order valence-corrected chi connectivity index (χ2v) is 9.74. The van der Waals surface area contributed by atoms with E-state index in [0.717, 1.165) is 12.8 Å². The Morgan fingerprint density at radius 1 is 1.17 bits per heavy atom. The van der Waals surface area contributed by atoms with Gasteiger partial charge in [0.25, 0.3) is 5.91 Å². The van der Waals surface area contributed by atoms with E-state index in [9.17, 15) is 28.0 Å². The SMILES string of the molecule is N#CCC1(n2cc(C(N)=O)c(NC(=O)C3CC3)n2)CCC(NCc2ccccc2CC(F)(F)F)CC1. The number of rotatable bonds is 9. The van der Waals surface area contributed by atoms with E-state index in [1.165, 1.54) is 12.3 Å². The predicted octanol–water partition coefficient (Wildman–Crippen LogP) is 3.78. The van der Waals surface area contributed by atoms with Crippen LogP contribution in [0.2, 0.25) is 0 Å². The fourth-order valence-corrected chi connectivity index (χ4v) is 4.82. The van der Waals surface area contributed by atoms with Crippen LogP contribution in [0.4, 0.5) is 19.0 Å². The Kier molecular flexibility index (Phi) is 7.36. The van der Waals surface area contributed by atoms with Crippen LogP contribution in [0.3, 0.4) is 0 Å². The number of anilines is 1. The molecule has 2 aliphatic rings. The van der Waals surface area contributed by atoms with Crippen molar-refractivity contribution in [3.05, 3.63) is 47.2 Å². The molecular weight excluding hydrogens is 473 g/mol. The van der Waals surface area contributed by atoms with E-state index in [1.807, 2.05) is 0 Å². The molecule has 0 atom stereocenters. The number of aromatic nitrogens is 2. The van der Waals surface area contributed by atoms with Crippen LogP contribution in [0.1, 0.15) is 66.4 Å². The van der Waals surface area contributed by atoms with Gasteiger partial charge in [-0.1, -0.05) is 24.3 Å². The molecule has 4 N–H and O–H groups in total. The van der Waals surface area contributed by atoms with Crippen LogP contribution in [-0.2, 0) is 23.3 Å². The van der Waals surface area contributed by atoms with E-state index in [0.29, 0.717) is 37.8 Å². The van der Waals surface area contributed by atoms with E-state index in [1.54, 1.807) is 22.9 Å². The maximum absolute atomic E-state index is 12.9. The van der Waals surface area contributed by atoms with Gasteiger partial charge in [-0.25, -0.2) is 0 Å². The van der Waals surface area contributed by atoms with E-state index in [4.69, 9.17) is 5.73 Å². The standard InChI is InChI=1S/C25H29F3N6O2/c26-25(27,28)13-17-3-1-2-4-18(17)14-31-19-7-9-24(10-8-19,11-12-29)34-15-20(21(30)35)22(33-34)32-23(36)16-5-6-16/h1-4,15-16,19,31H,5-11,13-14H2,(H2,30,35)(H,32,33,36). The van der Waals surface area contributed by atoms with Crippen molar-refractivity contribution >= 4 is 17.6 Å². The molecule has 36 heavy (non-hydrogen) atoms. The Bertz CT molecular complexity index is 1160. The topological polar surface area (TPSA) is 126 Å². The van der Waals surface area contributed by atoms with Crippen molar-refractivity contribution in [2.75, 3.05) is 5.32 Å². The molecule has 1 heterocycles. The van der Waals surface area contributed by atoms with Gasteiger partial charge in [0.2, 0.25) is 5.91 Å². The van der Waals surface area contributed by atoms with Crippen LogP contribution in [0.5, 0.6) is 0 Å². The summed E-state index contributed by atoms with van der Waals surface area (Å²) in [5, 5.41) is 20.1. The van der Waals surface area contributed by atoms with Gasteiger partial charge < -0.3 is 16.4 Å². The minimum atomic E-state index is -4.28. The van der Waals surface area contributed by atoms with Gasteiger partial charge in [0, 0.05) is 24.7 Å². The van der Waals surface area contributed by atoms with Crippen molar-refractivity contribution in [1.29, 1.82) is 5.26 Å². The first-order valence-corrected chi connectivity index (χ1v) is 12.0. The highest BCUT2D eigenvalue weighted by Crippen LogP contribution is 2.39. The third-order valence-electron chi connectivity index (χ3n) is 7.07. The minimum Gasteiger partial charge on any atom is -0.365 e. The lowest BCUT2D eigenvalue weighted by molar-refractivity contribution is -0.127. The molecular formula is C25H29F3N6O2. The Balaban J connectivity index is 1.44. The number of benzene rings is 1. The maximum Gasteiger partial charge on any atom is 0.393 e. The molecule has 8 nitrogen and oxygen atoms in total. The Labute approximate surface area is 207 Å². The first kappa shape index (κ1) is 25.7. The molecule has 0 radical (unpaired) electrons. The highest BCUT2D eigenvalue weighted by atomic mass is 19.4. The predicted molar refractivity (Wildman–Crippen MR) is 126 cm³/mol. The average molecular weight is 503 g/mol. The van der Waals surface area contributed by atoms with Crippen molar-refractivity contribution in [1.82, 2.24) is 15.1 Å². The number of nitrogens with two attached hydrogens (primary N) is 1. The second-order valence-electron chi connectivity index (χ2n) is 9.74. The summed E-state index contributed by atoms with van der Waals surface area (Å²) >= 11 is 0. The van der Waals surface area contributed by atoms with Gasteiger partial charge in [-0.2, -0.15) is 23.5 Å². The number of carbonyl (C=O) groups excluding carboxylic acids is 2. The van der Waals surface area contributed by atoms with Gasteiger partial charge in [0.1, 0.15) is 5.56 Å². The monoisotopic (exact) mass is 502 g/mol. The first-order valence-electron chi connectivity index (χ1n) is 12.0. The number of primary amides is 1. The molecule has 0 unspecified atom stereocenters. The number of hydrogen-bond donors (Lipinski definition) is 3. The van der Waals surface area contributed by atoms with E-state index >= 15 is 0 Å². The summed E-state index contributed by atoms with van der Waals surface area (Å²) in [6.07, 6.45) is 0.476. The smallest absolute Gasteiger partial charge is 0.365 e. The number of nitriles is 1. The lowest BCUT2D eigenvalue weighted by Crippen LogP contribution is -2.43. The molecule has 2 fully saturated rings. The Morgan fingerprint density at radius 3 is 2.42 bits per heavy atom. The number of halogens is 3. The summed E-state index contributed by atoms with van der Waals surface area (Å²) in [6, 6.07) is 8.79. The normalized spacial score (nSPS) is 22.1. The van der Waals surface area contributed by atoms with Crippen molar-refractivity contribution < 1.29 is 22.8 Å². The molecule has 0 aliphatic heterocycles. The van der Waals surface area contributed by atoms with Crippen LogP contribution in [0.15, 0.2) is 30.5 Å². The Hall–Kier alpha value is -3.39. The van der Waals surface area contributed by atoms with Crippen molar-refractivity contribution in [2.24, 2.45) is 11.7 Å². The first-order chi connectivity index (χ1) is 17.1. The minimum absolute atomic E-state index is 0.0518. The summed E-state index contributed by atoms with van der Waals surface area (Å²) in [6.45, 7) is 0.313. The van der Waals surface area contributed by atoms with Gasteiger partial charge in [-0.3, -0.25) is 14.3 Å². The van der Waals surface area contributed by atoms with Gasteiger partial charge in [-0.15, -0.1) is 0 Å². The summed E-state index contributed by atoms with van der Waals surface area (Å²) in [5.74, 6) is -0.881. The number of amides is 2. The lowest BCUT2D eigenvalue weighted by atomic mass is 9.77. The molecule has 0 bridgehead atoms. The molecule has 0 saturated heterocycles. The zero-order valence-corrected chi connectivity index (χ0v) is 19.8. The molecule has 4 rings (SSSR count). The van der Waals surface area contributed by atoms with Gasteiger partial charge >= 0.3 is 6.18 Å². The van der Waals surface area contributed by atoms with Crippen LogP contribution >= 0.6 is 0 Å². The number of hydrogen-bond acceptors (Lipinski definition) is 5. The molecule has 2 saturated carbocycles. The summed E-state index contributed by atoms with van der Waals surface area (Å²) < 4.78 is 40.4. The molecule has 2 aliphatic carbocycles. The largest absolute Gasteiger partial charge is 0.393 e. The van der Waals surface area contributed by atoms with Crippen LogP contribution in [0.25, 0.3) is 0 Å². The molecule has 2 amide bonds. The zero-order valence-electron chi connectivity index (χ0n) is 19.8. The van der Waals surface area contributed by atoms with Gasteiger partial charge in [0.15, 0.2) is 5.82 Å². The van der Waals surface area contributed by atoms with Crippen molar-refractivity contribution in [3.63, 3.8) is 0 Å². The van der Waals surface area contributed by atoms with E-state index in [2.05, 4.69) is 21.8 Å². The average Bonchev–Trinajstić information content (AvgIpc) is 3.58. The number of nitrogens with zero attached hydrogens (tertiary/aromatic N) is 3. The fourth-order valence-electron chi connectivity index (χ4n) is 4.82.